The van der Waals surface area contributed by atoms with Gasteiger partial charge in [0, 0.05) is 0 Å². The van der Waals surface area contributed by atoms with Crippen molar-refractivity contribution in [2.24, 2.45) is 0 Å². The van der Waals surface area contributed by atoms with Crippen molar-refractivity contribution in [2.45, 2.75) is 13.0 Å². The van der Waals surface area contributed by atoms with Gasteiger partial charge >= 0.3 is 0 Å². The highest BCUT2D eigenvalue weighted by atomic mass is 16.1. The maximum absolute atomic E-state index is 12.2. The molecule has 0 fully saturated rings. The minimum absolute atomic E-state index is 0.215. The van der Waals surface area contributed by atoms with Crippen LogP contribution in [-0.2, 0) is 6.54 Å². The van der Waals surface area contributed by atoms with Crippen LogP contribution in [0.4, 0.5) is 0 Å². The number of fused-ring (bicyclic) bond motifs is 1. The van der Waals surface area contributed by atoms with Gasteiger partial charge in [0.2, 0.25) is 0 Å². The van der Waals surface area contributed by atoms with Crippen LogP contribution in [0.1, 0.15) is 6.42 Å². The Labute approximate surface area is 113 Å². The molecule has 2 aromatic heterocycles. The van der Waals surface area contributed by atoms with E-state index in [1.807, 2.05) is 36.4 Å². The fraction of sp³-hybridized carbons (Fsp3) is 0.154. The first-order valence-corrected chi connectivity index (χ1v) is 6.05. The molecule has 0 unspecified atom stereocenters. The molecule has 20 heavy (non-hydrogen) atoms. The summed E-state index contributed by atoms with van der Waals surface area (Å²) in [4.78, 5) is 12.2. The Balaban J connectivity index is 2.14. The Morgan fingerprint density at radius 2 is 2.05 bits per heavy atom. The van der Waals surface area contributed by atoms with E-state index < -0.39 is 0 Å². The summed E-state index contributed by atoms with van der Waals surface area (Å²) in [5.41, 5.74) is 0.938. The number of hydrogen-bond donors (Lipinski definition) is 0. The zero-order chi connectivity index (χ0) is 13.9. The van der Waals surface area contributed by atoms with Crippen LogP contribution < -0.4 is 5.56 Å². The summed E-state index contributed by atoms with van der Waals surface area (Å²) in [5, 5.41) is 21.0. The molecule has 2 heterocycles. The van der Waals surface area contributed by atoms with Gasteiger partial charge in [-0.25, -0.2) is 9.36 Å². The molecule has 0 radical (unpaired) electrons. The van der Waals surface area contributed by atoms with Gasteiger partial charge in [0.25, 0.3) is 5.56 Å². The summed E-state index contributed by atoms with van der Waals surface area (Å²) in [5.74, 6) is 0. The molecule has 7 heteroatoms. The van der Waals surface area contributed by atoms with Crippen LogP contribution in [0.2, 0.25) is 0 Å². The monoisotopic (exact) mass is 266 g/mol. The topological polar surface area (TPSA) is 89.4 Å². The average Bonchev–Trinajstić information content (AvgIpc) is 2.92. The molecule has 0 amide bonds. The molecule has 0 atom stereocenters. The van der Waals surface area contributed by atoms with Gasteiger partial charge in [0.1, 0.15) is 5.39 Å². The SMILES string of the molecule is N#CCCn1nnc2c(cnn2-c2ccccc2)c1=O. The molecule has 0 aliphatic heterocycles. The molecule has 3 rings (SSSR count). The lowest BCUT2D eigenvalue weighted by Gasteiger charge is -2.02. The molecule has 0 aliphatic carbocycles. The number of nitriles is 1. The summed E-state index contributed by atoms with van der Waals surface area (Å²) in [6, 6.07) is 11.4. The van der Waals surface area contributed by atoms with Crippen LogP contribution in [0.25, 0.3) is 16.7 Å². The third-order valence-corrected chi connectivity index (χ3v) is 2.89. The zero-order valence-corrected chi connectivity index (χ0v) is 10.5. The highest BCUT2D eigenvalue weighted by Gasteiger charge is 2.12. The van der Waals surface area contributed by atoms with E-state index in [1.165, 1.54) is 10.9 Å². The minimum Gasteiger partial charge on any atom is -0.267 e. The van der Waals surface area contributed by atoms with Crippen LogP contribution in [0.3, 0.4) is 0 Å². The number of hydrogen-bond acceptors (Lipinski definition) is 5. The van der Waals surface area contributed by atoms with Crippen molar-refractivity contribution in [1.29, 1.82) is 5.26 Å². The third-order valence-electron chi connectivity index (χ3n) is 2.89. The van der Waals surface area contributed by atoms with E-state index in [0.717, 1.165) is 5.69 Å². The second-order valence-electron chi connectivity index (χ2n) is 4.16. The van der Waals surface area contributed by atoms with Crippen molar-refractivity contribution < 1.29 is 0 Å². The predicted octanol–water partition coefficient (Wildman–Crippen LogP) is 0.891. The Morgan fingerprint density at radius 3 is 2.80 bits per heavy atom. The fourth-order valence-electron chi connectivity index (χ4n) is 1.93. The smallest absolute Gasteiger partial charge is 0.267 e. The minimum atomic E-state index is -0.285. The maximum Gasteiger partial charge on any atom is 0.280 e. The van der Waals surface area contributed by atoms with Crippen molar-refractivity contribution in [1.82, 2.24) is 24.8 Å². The largest absolute Gasteiger partial charge is 0.280 e. The van der Waals surface area contributed by atoms with Crippen LogP contribution in [0, 0.1) is 11.3 Å². The van der Waals surface area contributed by atoms with Gasteiger partial charge in [0.15, 0.2) is 5.65 Å². The van der Waals surface area contributed by atoms with E-state index in [9.17, 15) is 4.79 Å². The lowest BCUT2D eigenvalue weighted by molar-refractivity contribution is 0.556. The van der Waals surface area contributed by atoms with Crippen LogP contribution in [0.15, 0.2) is 41.3 Å². The third kappa shape index (κ3) is 1.93. The van der Waals surface area contributed by atoms with Gasteiger partial charge in [-0.3, -0.25) is 4.79 Å². The van der Waals surface area contributed by atoms with Gasteiger partial charge in [-0.2, -0.15) is 10.4 Å². The van der Waals surface area contributed by atoms with E-state index in [4.69, 9.17) is 5.26 Å². The lowest BCUT2D eigenvalue weighted by Crippen LogP contribution is -2.24. The zero-order valence-electron chi connectivity index (χ0n) is 10.5. The first-order chi connectivity index (χ1) is 9.81. The first kappa shape index (κ1) is 12.0. The van der Waals surface area contributed by atoms with E-state index in [-0.39, 0.29) is 18.5 Å². The molecule has 3 aromatic rings. The second-order valence-corrected chi connectivity index (χ2v) is 4.16. The maximum atomic E-state index is 12.2. The van der Waals surface area contributed by atoms with Gasteiger partial charge in [0.05, 0.1) is 30.9 Å². The highest BCUT2D eigenvalue weighted by molar-refractivity contribution is 5.74. The first-order valence-electron chi connectivity index (χ1n) is 6.05. The molecule has 0 spiro atoms. The second kappa shape index (κ2) is 4.93. The van der Waals surface area contributed by atoms with Crippen molar-refractivity contribution in [3.63, 3.8) is 0 Å². The van der Waals surface area contributed by atoms with Gasteiger partial charge in [-0.05, 0) is 12.1 Å². The number of nitrogens with zero attached hydrogens (tertiary/aromatic N) is 6. The van der Waals surface area contributed by atoms with Crippen LogP contribution >= 0.6 is 0 Å². The molecule has 1 aromatic carbocycles. The number of benzene rings is 1. The van der Waals surface area contributed by atoms with Crippen molar-refractivity contribution >= 4 is 11.0 Å². The van der Waals surface area contributed by atoms with E-state index in [0.29, 0.717) is 11.0 Å². The molecular formula is C13H10N6O. The summed E-state index contributed by atoms with van der Waals surface area (Å²) in [6.07, 6.45) is 1.69. The van der Waals surface area contributed by atoms with E-state index >= 15 is 0 Å². The molecule has 0 saturated carbocycles. The predicted molar refractivity (Wildman–Crippen MR) is 71.2 cm³/mol. The standard InChI is InChI=1S/C13H10N6O/c14-7-4-8-18-13(20)11-9-15-19(12(11)16-17-18)10-5-2-1-3-6-10/h1-3,5-6,9H,4,8H2. The molecular weight excluding hydrogens is 256 g/mol. The summed E-state index contributed by atoms with van der Waals surface area (Å²) in [7, 11) is 0. The summed E-state index contributed by atoms with van der Waals surface area (Å²) >= 11 is 0. The highest BCUT2D eigenvalue weighted by Crippen LogP contribution is 2.12. The molecule has 98 valence electrons. The number of rotatable bonds is 3. The molecule has 0 saturated heterocycles. The van der Waals surface area contributed by atoms with Gasteiger partial charge < -0.3 is 0 Å². The Kier molecular flexibility index (Phi) is 2.97. The van der Waals surface area contributed by atoms with E-state index in [2.05, 4.69) is 15.4 Å². The summed E-state index contributed by atoms with van der Waals surface area (Å²) in [6.45, 7) is 0.231. The van der Waals surface area contributed by atoms with Crippen molar-refractivity contribution in [2.75, 3.05) is 0 Å². The fourth-order valence-corrected chi connectivity index (χ4v) is 1.93. The summed E-state index contributed by atoms with van der Waals surface area (Å²) < 4.78 is 2.75. The molecule has 0 N–H and O–H groups in total. The van der Waals surface area contributed by atoms with Gasteiger partial charge in [-0.1, -0.05) is 23.4 Å². The van der Waals surface area contributed by atoms with Crippen molar-refractivity contribution in [3.05, 3.63) is 46.9 Å². The Morgan fingerprint density at radius 1 is 1.25 bits per heavy atom. The van der Waals surface area contributed by atoms with Crippen LogP contribution in [-0.4, -0.2) is 24.8 Å². The quantitative estimate of drug-likeness (QED) is 0.702. The lowest BCUT2D eigenvalue weighted by atomic mass is 10.3. The number of para-hydroxylation sites is 1. The Bertz CT molecular complexity index is 843. The average molecular weight is 266 g/mol. The number of aromatic nitrogens is 5. The Hall–Kier alpha value is -3.01. The molecule has 0 bridgehead atoms. The van der Waals surface area contributed by atoms with Gasteiger partial charge in [-0.15, -0.1) is 5.10 Å². The number of aryl methyl sites for hydroxylation is 1. The van der Waals surface area contributed by atoms with Crippen molar-refractivity contribution in [3.8, 4) is 11.8 Å². The van der Waals surface area contributed by atoms with Crippen LogP contribution in [0.5, 0.6) is 0 Å². The van der Waals surface area contributed by atoms with E-state index in [1.54, 1.807) is 4.68 Å². The molecule has 0 aliphatic rings. The normalized spacial score (nSPS) is 10.6. The molecule has 7 nitrogen and oxygen atoms in total.